The smallest absolute Gasteiger partial charge is 0.410 e. The highest BCUT2D eigenvalue weighted by atomic mass is 16.6. The average molecular weight is 304 g/mol. The topological polar surface area (TPSA) is 59.1 Å². The molecule has 1 fully saturated rings. The van der Waals surface area contributed by atoms with Crippen LogP contribution in [0.1, 0.15) is 11.1 Å². The first-order valence-electron chi connectivity index (χ1n) is 7.52. The summed E-state index contributed by atoms with van der Waals surface area (Å²) < 4.78 is 10.1. The Bertz CT molecular complexity index is 588. The van der Waals surface area contributed by atoms with Gasteiger partial charge in [0.15, 0.2) is 0 Å². The van der Waals surface area contributed by atoms with Crippen molar-refractivity contribution in [2.24, 2.45) is 0 Å². The lowest BCUT2D eigenvalue weighted by Crippen LogP contribution is -2.41. The Labute approximate surface area is 129 Å². The summed E-state index contributed by atoms with van der Waals surface area (Å²) in [6.45, 7) is 2.33. The Morgan fingerprint density at radius 2 is 2.00 bits per heavy atom. The number of methoxy groups -OCH3 is 1. The molecule has 0 radical (unpaired) electrons. The number of benzene rings is 1. The van der Waals surface area contributed by atoms with E-state index in [4.69, 9.17) is 9.47 Å². The Hall–Kier alpha value is -2.24. The van der Waals surface area contributed by atoms with Gasteiger partial charge in [-0.05, 0) is 36.1 Å². The van der Waals surface area contributed by atoms with Gasteiger partial charge >= 0.3 is 6.09 Å². The Kier molecular flexibility index (Phi) is 4.18. The minimum atomic E-state index is -0.392. The van der Waals surface area contributed by atoms with Crippen molar-refractivity contribution in [3.63, 3.8) is 0 Å². The highest BCUT2D eigenvalue weighted by Crippen LogP contribution is 2.21. The van der Waals surface area contributed by atoms with Gasteiger partial charge in [-0.2, -0.15) is 0 Å². The first kappa shape index (κ1) is 14.7. The normalized spacial score (nSPS) is 17.8. The van der Waals surface area contributed by atoms with E-state index in [1.54, 1.807) is 7.11 Å². The zero-order valence-electron chi connectivity index (χ0n) is 12.7. The summed E-state index contributed by atoms with van der Waals surface area (Å²) in [5, 5.41) is 0. The fraction of sp³-hybridized carbons (Fsp3) is 0.500. The lowest BCUT2D eigenvalue weighted by molar-refractivity contribution is -0.131. The number of hydrogen-bond donors (Lipinski definition) is 0. The van der Waals surface area contributed by atoms with Crippen LogP contribution < -0.4 is 4.74 Å². The van der Waals surface area contributed by atoms with Crippen LogP contribution in [0.15, 0.2) is 18.2 Å². The molecule has 2 heterocycles. The zero-order chi connectivity index (χ0) is 15.5. The molecule has 0 spiro atoms. The second kappa shape index (κ2) is 6.25. The molecule has 3 rings (SSSR count). The van der Waals surface area contributed by atoms with Crippen molar-refractivity contribution >= 4 is 12.0 Å². The number of cyclic esters (lactones) is 1. The van der Waals surface area contributed by atoms with Crippen LogP contribution in [-0.2, 0) is 22.4 Å². The number of nitrogens with zero attached hydrogens (tertiary/aromatic N) is 2. The van der Waals surface area contributed by atoms with E-state index in [0.717, 1.165) is 18.6 Å². The average Bonchev–Trinajstić information content (AvgIpc) is 2.81. The number of amides is 2. The molecule has 0 atom stereocenters. The molecular weight excluding hydrogens is 284 g/mol. The van der Waals surface area contributed by atoms with Gasteiger partial charge in [-0.15, -0.1) is 0 Å². The molecule has 0 aliphatic carbocycles. The monoisotopic (exact) mass is 304 g/mol. The first-order valence-corrected chi connectivity index (χ1v) is 7.52. The fourth-order valence-electron chi connectivity index (χ4n) is 2.91. The third-order valence-electron chi connectivity index (χ3n) is 4.24. The van der Waals surface area contributed by atoms with Gasteiger partial charge in [0.1, 0.15) is 18.9 Å². The van der Waals surface area contributed by atoms with Gasteiger partial charge in [-0.3, -0.25) is 9.69 Å². The summed E-state index contributed by atoms with van der Waals surface area (Å²) in [6, 6.07) is 6.07. The van der Waals surface area contributed by atoms with Crippen LogP contribution in [0, 0.1) is 0 Å². The van der Waals surface area contributed by atoms with E-state index >= 15 is 0 Å². The second-order valence-corrected chi connectivity index (χ2v) is 5.55. The molecule has 2 amide bonds. The van der Waals surface area contributed by atoms with Gasteiger partial charge in [0.2, 0.25) is 5.91 Å². The summed E-state index contributed by atoms with van der Waals surface area (Å²) in [5.74, 6) is 0.831. The minimum absolute atomic E-state index is 0.0152. The van der Waals surface area contributed by atoms with Crippen molar-refractivity contribution in [3.8, 4) is 5.75 Å². The third kappa shape index (κ3) is 3.00. The molecule has 1 saturated heterocycles. The second-order valence-electron chi connectivity index (χ2n) is 5.55. The van der Waals surface area contributed by atoms with Crippen molar-refractivity contribution in [2.75, 3.05) is 39.9 Å². The van der Waals surface area contributed by atoms with Crippen LogP contribution >= 0.6 is 0 Å². The van der Waals surface area contributed by atoms with Gasteiger partial charge in [0, 0.05) is 13.1 Å². The number of hydrogen-bond acceptors (Lipinski definition) is 4. The molecule has 118 valence electrons. The van der Waals surface area contributed by atoms with Crippen molar-refractivity contribution in [1.82, 2.24) is 9.80 Å². The van der Waals surface area contributed by atoms with Gasteiger partial charge in [-0.25, -0.2) is 4.79 Å². The first-order chi connectivity index (χ1) is 10.7. The summed E-state index contributed by atoms with van der Waals surface area (Å²) >= 11 is 0. The predicted molar refractivity (Wildman–Crippen MR) is 79.9 cm³/mol. The van der Waals surface area contributed by atoms with Crippen molar-refractivity contribution in [3.05, 3.63) is 29.3 Å². The highest BCUT2D eigenvalue weighted by molar-refractivity contribution is 5.83. The van der Waals surface area contributed by atoms with Gasteiger partial charge in [0.05, 0.1) is 13.7 Å². The predicted octanol–water partition coefficient (Wildman–Crippen LogP) is 1.07. The van der Waals surface area contributed by atoms with Crippen LogP contribution in [0.2, 0.25) is 0 Å². The van der Waals surface area contributed by atoms with Crippen LogP contribution in [0.4, 0.5) is 4.79 Å². The van der Waals surface area contributed by atoms with Crippen LogP contribution in [0.25, 0.3) is 0 Å². The number of rotatable bonds is 3. The molecule has 0 saturated carbocycles. The largest absolute Gasteiger partial charge is 0.497 e. The lowest BCUT2D eigenvalue weighted by atomic mass is 10.0. The minimum Gasteiger partial charge on any atom is -0.497 e. The standard InChI is InChI=1S/C16H20N2O4/c1-21-14-3-2-12-4-6-17(7-5-13(12)10-14)15(19)11-18-8-9-22-16(18)20/h2-3,10H,4-9,11H2,1H3. The molecule has 1 aromatic carbocycles. The van der Waals surface area contributed by atoms with Gasteiger partial charge < -0.3 is 14.4 Å². The van der Waals surface area contributed by atoms with E-state index in [9.17, 15) is 9.59 Å². The molecule has 6 nitrogen and oxygen atoms in total. The Balaban J connectivity index is 1.63. The number of carbonyl (C=O) groups excluding carboxylic acids is 2. The van der Waals surface area contributed by atoms with Crippen molar-refractivity contribution < 1.29 is 19.1 Å². The molecule has 2 aliphatic rings. The van der Waals surface area contributed by atoms with E-state index in [-0.39, 0.29) is 12.5 Å². The molecule has 6 heteroatoms. The zero-order valence-corrected chi connectivity index (χ0v) is 12.7. The molecular formula is C16H20N2O4. The molecule has 0 aromatic heterocycles. The maximum absolute atomic E-state index is 12.4. The summed E-state index contributed by atoms with van der Waals surface area (Å²) in [5.41, 5.74) is 2.49. The molecule has 0 unspecified atom stereocenters. The third-order valence-corrected chi connectivity index (χ3v) is 4.24. The maximum atomic E-state index is 12.4. The number of ether oxygens (including phenoxy) is 2. The van der Waals surface area contributed by atoms with Crippen LogP contribution in [-0.4, -0.2) is 61.7 Å². The van der Waals surface area contributed by atoms with Crippen molar-refractivity contribution in [1.29, 1.82) is 0 Å². The van der Waals surface area contributed by atoms with E-state index in [1.165, 1.54) is 16.0 Å². The Morgan fingerprint density at radius 3 is 2.68 bits per heavy atom. The number of fused-ring (bicyclic) bond motifs is 1. The van der Waals surface area contributed by atoms with Gasteiger partial charge in [-0.1, -0.05) is 6.07 Å². The Morgan fingerprint density at radius 1 is 1.23 bits per heavy atom. The van der Waals surface area contributed by atoms with Crippen molar-refractivity contribution in [2.45, 2.75) is 12.8 Å². The quantitative estimate of drug-likeness (QED) is 0.838. The maximum Gasteiger partial charge on any atom is 0.410 e. The molecule has 0 bridgehead atoms. The molecule has 1 aromatic rings. The van der Waals surface area contributed by atoms with E-state index in [2.05, 4.69) is 6.07 Å². The fourth-order valence-corrected chi connectivity index (χ4v) is 2.91. The SMILES string of the molecule is COc1ccc2c(c1)CCN(C(=O)CN1CCOC1=O)CC2. The lowest BCUT2D eigenvalue weighted by Gasteiger charge is -2.22. The van der Waals surface area contributed by atoms with Crippen LogP contribution in [0.3, 0.4) is 0 Å². The van der Waals surface area contributed by atoms with E-state index in [0.29, 0.717) is 26.2 Å². The van der Waals surface area contributed by atoms with E-state index in [1.807, 2.05) is 17.0 Å². The summed E-state index contributed by atoms with van der Waals surface area (Å²) in [4.78, 5) is 27.1. The molecule has 2 aliphatic heterocycles. The molecule has 0 N–H and O–H groups in total. The van der Waals surface area contributed by atoms with Gasteiger partial charge in [0.25, 0.3) is 0 Å². The summed E-state index contributed by atoms with van der Waals surface area (Å²) in [6.07, 6.45) is 1.24. The molecule has 22 heavy (non-hydrogen) atoms. The number of carbonyl (C=O) groups is 2. The van der Waals surface area contributed by atoms with E-state index < -0.39 is 6.09 Å². The van der Waals surface area contributed by atoms with Crippen LogP contribution in [0.5, 0.6) is 5.75 Å². The summed E-state index contributed by atoms with van der Waals surface area (Å²) in [7, 11) is 1.66. The highest BCUT2D eigenvalue weighted by Gasteiger charge is 2.27.